The molecule has 5 nitrogen and oxygen atoms in total. The molecule has 1 heterocycles. The van der Waals surface area contributed by atoms with Crippen molar-refractivity contribution >= 4 is 17.6 Å². The zero-order chi connectivity index (χ0) is 14.7. The van der Waals surface area contributed by atoms with E-state index in [0.717, 1.165) is 36.9 Å². The first-order chi connectivity index (χ1) is 9.52. The largest absolute Gasteiger partial charge is 0.469 e. The van der Waals surface area contributed by atoms with Crippen molar-refractivity contribution in [3.63, 3.8) is 0 Å². The lowest BCUT2D eigenvalue weighted by molar-refractivity contribution is -0.147. The lowest BCUT2D eigenvalue weighted by Crippen LogP contribution is -2.26. The van der Waals surface area contributed by atoms with Crippen LogP contribution in [0.1, 0.15) is 36.9 Å². The van der Waals surface area contributed by atoms with Crippen LogP contribution in [0.15, 0.2) is 0 Å². The predicted octanol–water partition coefficient (Wildman–Crippen LogP) is 2.63. The van der Waals surface area contributed by atoms with Crippen LogP contribution in [0.3, 0.4) is 0 Å². The van der Waals surface area contributed by atoms with E-state index in [4.69, 9.17) is 21.1 Å². The number of esters is 1. The molecular weight excluding hydrogens is 280 g/mol. The number of aromatic nitrogens is 2. The summed E-state index contributed by atoms with van der Waals surface area (Å²) in [7, 11) is 3.26. The van der Waals surface area contributed by atoms with Crippen molar-refractivity contribution in [3.05, 3.63) is 16.4 Å². The normalized spacial score (nSPS) is 22.8. The molecule has 0 spiro atoms. The standard InChI is InChI=1S/C14H21ClN2O3/c1-9-12(13(15)17(2)16-9)8-20-11-6-4-10(5-7-11)14(18)19-3/h10-11H,4-8H2,1-3H3. The molecule has 6 heteroatoms. The summed E-state index contributed by atoms with van der Waals surface area (Å²) in [4.78, 5) is 11.5. The highest BCUT2D eigenvalue weighted by Crippen LogP contribution is 2.28. The summed E-state index contributed by atoms with van der Waals surface area (Å²) >= 11 is 6.17. The average Bonchev–Trinajstić information content (AvgIpc) is 2.70. The van der Waals surface area contributed by atoms with Gasteiger partial charge in [-0.25, -0.2) is 0 Å². The zero-order valence-corrected chi connectivity index (χ0v) is 12.9. The van der Waals surface area contributed by atoms with E-state index in [1.54, 1.807) is 4.68 Å². The molecule has 0 radical (unpaired) electrons. The molecule has 0 saturated heterocycles. The van der Waals surface area contributed by atoms with Crippen LogP contribution in [0.2, 0.25) is 5.15 Å². The van der Waals surface area contributed by atoms with Crippen molar-refractivity contribution < 1.29 is 14.3 Å². The highest BCUT2D eigenvalue weighted by Gasteiger charge is 2.27. The third-order valence-corrected chi connectivity index (χ3v) is 4.41. The molecule has 112 valence electrons. The fourth-order valence-electron chi connectivity index (χ4n) is 2.67. The Morgan fingerprint density at radius 2 is 2.05 bits per heavy atom. The van der Waals surface area contributed by atoms with Crippen molar-refractivity contribution in [1.82, 2.24) is 9.78 Å². The maximum atomic E-state index is 11.5. The zero-order valence-electron chi connectivity index (χ0n) is 12.2. The van der Waals surface area contributed by atoms with E-state index in [1.165, 1.54) is 7.11 Å². The molecule has 2 rings (SSSR count). The highest BCUT2D eigenvalue weighted by molar-refractivity contribution is 6.30. The van der Waals surface area contributed by atoms with E-state index in [9.17, 15) is 4.79 Å². The lowest BCUT2D eigenvalue weighted by atomic mass is 9.87. The molecular formula is C14H21ClN2O3. The molecule has 1 aliphatic rings. The van der Waals surface area contributed by atoms with Gasteiger partial charge in [0.1, 0.15) is 5.15 Å². The van der Waals surface area contributed by atoms with E-state index < -0.39 is 0 Å². The first-order valence-electron chi connectivity index (χ1n) is 6.90. The third kappa shape index (κ3) is 3.33. The van der Waals surface area contributed by atoms with Crippen LogP contribution < -0.4 is 0 Å². The molecule has 0 atom stereocenters. The second kappa shape index (κ2) is 6.59. The Hall–Kier alpha value is -1.07. The van der Waals surface area contributed by atoms with Gasteiger partial charge >= 0.3 is 5.97 Å². The minimum absolute atomic E-state index is 0.0311. The summed E-state index contributed by atoms with van der Waals surface area (Å²) in [5.41, 5.74) is 1.85. The number of nitrogens with zero attached hydrogens (tertiary/aromatic N) is 2. The van der Waals surface area contributed by atoms with E-state index in [-0.39, 0.29) is 18.0 Å². The molecule has 0 N–H and O–H groups in total. The first-order valence-corrected chi connectivity index (χ1v) is 7.28. The van der Waals surface area contributed by atoms with Gasteiger partial charge < -0.3 is 9.47 Å². The van der Waals surface area contributed by atoms with Gasteiger partial charge in [-0.1, -0.05) is 11.6 Å². The second-order valence-electron chi connectivity index (χ2n) is 5.29. The van der Waals surface area contributed by atoms with Crippen LogP contribution in [0.5, 0.6) is 0 Å². The smallest absolute Gasteiger partial charge is 0.308 e. The summed E-state index contributed by atoms with van der Waals surface area (Å²) in [5.74, 6) is -0.0711. The predicted molar refractivity (Wildman–Crippen MR) is 75.5 cm³/mol. The van der Waals surface area contributed by atoms with Gasteiger partial charge in [0.15, 0.2) is 0 Å². The SMILES string of the molecule is COC(=O)C1CCC(OCc2c(C)nn(C)c2Cl)CC1. The fraction of sp³-hybridized carbons (Fsp3) is 0.714. The summed E-state index contributed by atoms with van der Waals surface area (Å²) in [5, 5.41) is 4.89. The Morgan fingerprint density at radius 3 is 2.55 bits per heavy atom. The van der Waals surface area contributed by atoms with Gasteiger partial charge in [-0.2, -0.15) is 5.10 Å². The van der Waals surface area contributed by atoms with Crippen molar-refractivity contribution in [1.29, 1.82) is 0 Å². The Balaban J connectivity index is 1.83. The third-order valence-electron chi connectivity index (χ3n) is 3.94. The van der Waals surface area contributed by atoms with Gasteiger partial charge in [-0.15, -0.1) is 0 Å². The molecule has 0 amide bonds. The topological polar surface area (TPSA) is 53.4 Å². The van der Waals surface area contributed by atoms with Gasteiger partial charge in [-0.05, 0) is 32.6 Å². The second-order valence-corrected chi connectivity index (χ2v) is 5.64. The van der Waals surface area contributed by atoms with Crippen LogP contribution >= 0.6 is 11.6 Å². The molecule has 1 aliphatic carbocycles. The van der Waals surface area contributed by atoms with Crippen LogP contribution in [-0.2, 0) is 27.9 Å². The van der Waals surface area contributed by atoms with Crippen molar-refractivity contribution in [2.75, 3.05) is 7.11 Å². The van der Waals surface area contributed by atoms with Crippen molar-refractivity contribution in [3.8, 4) is 0 Å². The molecule has 0 unspecified atom stereocenters. The Bertz CT molecular complexity index is 479. The van der Waals surface area contributed by atoms with Gasteiger partial charge in [0, 0.05) is 12.6 Å². The Labute approximate surface area is 124 Å². The van der Waals surface area contributed by atoms with Crippen LogP contribution in [0.4, 0.5) is 0 Å². The molecule has 1 aromatic heterocycles. The van der Waals surface area contributed by atoms with Crippen LogP contribution in [0, 0.1) is 12.8 Å². The van der Waals surface area contributed by atoms with Crippen LogP contribution in [-0.4, -0.2) is 29.0 Å². The molecule has 0 aliphatic heterocycles. The van der Waals surface area contributed by atoms with Gasteiger partial charge in [0.2, 0.25) is 0 Å². The minimum atomic E-state index is -0.102. The number of carbonyl (C=O) groups is 1. The number of methoxy groups -OCH3 is 1. The number of carbonyl (C=O) groups excluding carboxylic acids is 1. The number of halogens is 1. The fourth-order valence-corrected chi connectivity index (χ4v) is 2.90. The summed E-state index contributed by atoms with van der Waals surface area (Å²) in [6.07, 6.45) is 3.62. The molecule has 1 aromatic rings. The van der Waals surface area contributed by atoms with E-state index in [1.807, 2.05) is 14.0 Å². The quantitative estimate of drug-likeness (QED) is 0.802. The monoisotopic (exact) mass is 300 g/mol. The Morgan fingerprint density at radius 1 is 1.40 bits per heavy atom. The maximum Gasteiger partial charge on any atom is 0.308 e. The van der Waals surface area contributed by atoms with Gasteiger partial charge in [-0.3, -0.25) is 9.48 Å². The van der Waals surface area contributed by atoms with Gasteiger partial charge in [0.05, 0.1) is 31.4 Å². The maximum absolute atomic E-state index is 11.5. The van der Waals surface area contributed by atoms with Crippen LogP contribution in [0.25, 0.3) is 0 Å². The van der Waals surface area contributed by atoms with Gasteiger partial charge in [0.25, 0.3) is 0 Å². The number of aryl methyl sites for hydroxylation is 2. The first kappa shape index (κ1) is 15.3. The average molecular weight is 301 g/mol. The van der Waals surface area contributed by atoms with Crippen molar-refractivity contribution in [2.24, 2.45) is 13.0 Å². The molecule has 0 aromatic carbocycles. The number of rotatable bonds is 4. The summed E-state index contributed by atoms with van der Waals surface area (Å²) in [6.45, 7) is 2.41. The van der Waals surface area contributed by atoms with E-state index in [0.29, 0.717) is 11.8 Å². The van der Waals surface area contributed by atoms with Crippen molar-refractivity contribution in [2.45, 2.75) is 45.3 Å². The number of hydrogen-bond donors (Lipinski definition) is 0. The van der Waals surface area contributed by atoms with E-state index >= 15 is 0 Å². The lowest BCUT2D eigenvalue weighted by Gasteiger charge is -2.26. The minimum Gasteiger partial charge on any atom is -0.469 e. The number of hydrogen-bond acceptors (Lipinski definition) is 4. The molecule has 20 heavy (non-hydrogen) atoms. The molecule has 1 fully saturated rings. The molecule has 0 bridgehead atoms. The number of ether oxygens (including phenoxy) is 2. The van der Waals surface area contributed by atoms with E-state index in [2.05, 4.69) is 5.10 Å². The Kier molecular flexibility index (Phi) is 5.05. The molecule has 1 saturated carbocycles. The summed E-state index contributed by atoms with van der Waals surface area (Å²) < 4.78 is 12.4. The summed E-state index contributed by atoms with van der Waals surface area (Å²) in [6, 6.07) is 0. The highest BCUT2D eigenvalue weighted by atomic mass is 35.5.